The summed E-state index contributed by atoms with van der Waals surface area (Å²) in [7, 11) is 0. The molecule has 3 rings (SSSR count). The van der Waals surface area contributed by atoms with Gasteiger partial charge in [-0.2, -0.15) is 0 Å². The summed E-state index contributed by atoms with van der Waals surface area (Å²) in [5, 5.41) is 13.6. The molecule has 24 heavy (non-hydrogen) atoms. The number of aliphatic hydroxyl groups is 1. The average Bonchev–Trinajstić information content (AvgIpc) is 3.17. The standard InChI is InChI=1S/C20H26NO2S/c1-2-11-21(13-15-23-16-14-21)12-10-20(22,19-9-6-17-24-19)18-7-4-3-5-8-18/h2-9,17,22H,1,10-16H2/q+1/t20-/m0/s1. The van der Waals surface area contributed by atoms with Gasteiger partial charge in [-0.15, -0.1) is 11.3 Å². The van der Waals surface area contributed by atoms with Crippen LogP contribution in [-0.2, 0) is 10.3 Å². The Kier molecular flexibility index (Phi) is 5.51. The second-order valence-electron chi connectivity index (χ2n) is 6.55. The maximum Gasteiger partial charge on any atom is 0.129 e. The van der Waals surface area contributed by atoms with Crippen LogP contribution in [0, 0.1) is 0 Å². The lowest BCUT2D eigenvalue weighted by Crippen LogP contribution is -2.56. The quantitative estimate of drug-likeness (QED) is 0.616. The fraction of sp³-hybridized carbons (Fsp3) is 0.400. The molecule has 0 radical (unpaired) electrons. The largest absolute Gasteiger partial charge is 0.379 e. The van der Waals surface area contributed by atoms with E-state index < -0.39 is 5.60 Å². The van der Waals surface area contributed by atoms with Crippen LogP contribution in [0.25, 0.3) is 0 Å². The van der Waals surface area contributed by atoms with Crippen molar-refractivity contribution in [2.24, 2.45) is 0 Å². The summed E-state index contributed by atoms with van der Waals surface area (Å²) in [6.45, 7) is 9.33. The van der Waals surface area contributed by atoms with Gasteiger partial charge < -0.3 is 14.3 Å². The van der Waals surface area contributed by atoms with Crippen LogP contribution in [0.3, 0.4) is 0 Å². The molecule has 0 aliphatic carbocycles. The van der Waals surface area contributed by atoms with Gasteiger partial charge >= 0.3 is 0 Å². The van der Waals surface area contributed by atoms with Gasteiger partial charge in [0.15, 0.2) is 0 Å². The molecular formula is C20H26NO2S+. The van der Waals surface area contributed by atoms with E-state index in [-0.39, 0.29) is 0 Å². The lowest BCUT2D eigenvalue weighted by Gasteiger charge is -2.42. The zero-order valence-corrected chi connectivity index (χ0v) is 14.9. The zero-order chi connectivity index (χ0) is 16.9. The monoisotopic (exact) mass is 344 g/mol. The van der Waals surface area contributed by atoms with E-state index in [1.807, 2.05) is 53.9 Å². The number of thiophene rings is 1. The van der Waals surface area contributed by atoms with Crippen molar-refractivity contribution in [2.45, 2.75) is 12.0 Å². The molecule has 1 N–H and O–H groups in total. The number of hydrogen-bond acceptors (Lipinski definition) is 3. The number of rotatable bonds is 7. The first-order valence-electron chi connectivity index (χ1n) is 8.54. The van der Waals surface area contributed by atoms with Gasteiger partial charge in [-0.3, -0.25) is 0 Å². The summed E-state index contributed by atoms with van der Waals surface area (Å²) in [5.41, 5.74) is 0.0395. The highest BCUT2D eigenvalue weighted by Gasteiger charge is 2.37. The van der Waals surface area contributed by atoms with Crippen LogP contribution in [0.15, 0.2) is 60.5 Å². The first-order chi connectivity index (χ1) is 11.7. The molecule has 0 spiro atoms. The van der Waals surface area contributed by atoms with Crippen molar-refractivity contribution >= 4 is 11.3 Å². The van der Waals surface area contributed by atoms with Crippen molar-refractivity contribution in [2.75, 3.05) is 39.4 Å². The van der Waals surface area contributed by atoms with Gasteiger partial charge in [-0.25, -0.2) is 0 Å². The number of quaternary nitrogens is 1. The van der Waals surface area contributed by atoms with Gasteiger partial charge in [0.25, 0.3) is 0 Å². The summed E-state index contributed by atoms with van der Waals surface area (Å²) >= 11 is 1.62. The Labute approximate surface area is 148 Å². The number of ether oxygens (including phenoxy) is 1. The van der Waals surface area contributed by atoms with E-state index in [0.29, 0.717) is 6.42 Å². The molecule has 1 atom stereocenters. The van der Waals surface area contributed by atoms with E-state index in [9.17, 15) is 5.11 Å². The summed E-state index contributed by atoms with van der Waals surface area (Å²) in [4.78, 5) is 1.01. The predicted molar refractivity (Wildman–Crippen MR) is 99.1 cm³/mol. The molecule has 1 aromatic carbocycles. The summed E-state index contributed by atoms with van der Waals surface area (Å²) in [6, 6.07) is 14.1. The van der Waals surface area contributed by atoms with Gasteiger partial charge in [-0.1, -0.05) is 43.0 Å². The Hall–Kier alpha value is -1.46. The maximum absolute atomic E-state index is 11.6. The SMILES string of the molecule is C=CC[N+]1(CC[C@](O)(c2ccccc2)c2cccs2)CCOCC1. The van der Waals surface area contributed by atoms with Crippen molar-refractivity contribution < 1.29 is 14.3 Å². The van der Waals surface area contributed by atoms with E-state index in [0.717, 1.165) is 54.3 Å². The van der Waals surface area contributed by atoms with E-state index in [1.54, 1.807) is 11.3 Å². The second-order valence-corrected chi connectivity index (χ2v) is 7.50. The zero-order valence-electron chi connectivity index (χ0n) is 14.1. The number of hydrogen-bond donors (Lipinski definition) is 1. The van der Waals surface area contributed by atoms with Gasteiger partial charge in [0.05, 0.1) is 26.3 Å². The molecule has 2 aromatic rings. The molecule has 1 saturated heterocycles. The fourth-order valence-electron chi connectivity index (χ4n) is 3.54. The molecule has 0 unspecified atom stereocenters. The number of morpholine rings is 1. The Morgan fingerprint density at radius 2 is 1.92 bits per heavy atom. The van der Waals surface area contributed by atoms with Gasteiger partial charge in [0.1, 0.15) is 18.7 Å². The van der Waals surface area contributed by atoms with Gasteiger partial charge in [-0.05, 0) is 23.1 Å². The average molecular weight is 345 g/mol. The van der Waals surface area contributed by atoms with Crippen molar-refractivity contribution in [3.63, 3.8) is 0 Å². The van der Waals surface area contributed by atoms with Crippen LogP contribution in [0.4, 0.5) is 0 Å². The van der Waals surface area contributed by atoms with E-state index in [4.69, 9.17) is 4.74 Å². The third kappa shape index (κ3) is 3.62. The first-order valence-corrected chi connectivity index (χ1v) is 9.42. The van der Waals surface area contributed by atoms with Gasteiger partial charge in [0, 0.05) is 11.3 Å². The Bertz CT molecular complexity index is 635. The minimum atomic E-state index is -0.930. The van der Waals surface area contributed by atoms with Crippen molar-refractivity contribution in [1.82, 2.24) is 0 Å². The minimum absolute atomic E-state index is 0.700. The highest BCUT2D eigenvalue weighted by atomic mass is 32.1. The van der Waals surface area contributed by atoms with Crippen LogP contribution in [0.1, 0.15) is 16.9 Å². The molecule has 3 nitrogen and oxygen atoms in total. The summed E-state index contributed by atoms with van der Waals surface area (Å²) in [6.07, 6.45) is 2.70. The van der Waals surface area contributed by atoms with Crippen LogP contribution in [0.5, 0.6) is 0 Å². The van der Waals surface area contributed by atoms with E-state index in [2.05, 4.69) is 6.58 Å². The smallest absolute Gasteiger partial charge is 0.129 e. The Morgan fingerprint density at radius 3 is 2.54 bits per heavy atom. The van der Waals surface area contributed by atoms with Crippen molar-refractivity contribution in [3.05, 3.63) is 70.9 Å². The second kappa shape index (κ2) is 7.62. The third-order valence-corrected chi connectivity index (χ3v) is 6.09. The Balaban J connectivity index is 1.86. The van der Waals surface area contributed by atoms with Crippen molar-refractivity contribution in [3.8, 4) is 0 Å². The van der Waals surface area contributed by atoms with E-state index >= 15 is 0 Å². The van der Waals surface area contributed by atoms with Crippen LogP contribution in [0.2, 0.25) is 0 Å². The van der Waals surface area contributed by atoms with Crippen molar-refractivity contribution in [1.29, 1.82) is 0 Å². The summed E-state index contributed by atoms with van der Waals surface area (Å²) in [5.74, 6) is 0. The third-order valence-electron chi connectivity index (χ3n) is 5.06. The fourth-order valence-corrected chi connectivity index (χ4v) is 4.41. The molecule has 4 heteroatoms. The number of nitrogens with zero attached hydrogens (tertiary/aromatic N) is 1. The minimum Gasteiger partial charge on any atom is -0.379 e. The molecule has 1 aliphatic heterocycles. The molecule has 0 bridgehead atoms. The lowest BCUT2D eigenvalue weighted by molar-refractivity contribution is -0.930. The highest BCUT2D eigenvalue weighted by Crippen LogP contribution is 2.36. The number of benzene rings is 1. The molecule has 1 fully saturated rings. The molecule has 1 aliphatic rings. The molecule has 0 saturated carbocycles. The normalized spacial score (nSPS) is 19.5. The summed E-state index contributed by atoms with van der Waals surface area (Å²) < 4.78 is 6.50. The van der Waals surface area contributed by atoms with Crippen LogP contribution in [-0.4, -0.2) is 49.0 Å². The van der Waals surface area contributed by atoms with E-state index in [1.165, 1.54) is 0 Å². The highest BCUT2D eigenvalue weighted by molar-refractivity contribution is 7.10. The molecular weight excluding hydrogens is 318 g/mol. The topological polar surface area (TPSA) is 29.5 Å². The maximum atomic E-state index is 11.6. The van der Waals surface area contributed by atoms with Gasteiger partial charge in [0.2, 0.25) is 0 Å². The molecule has 1 aromatic heterocycles. The Morgan fingerprint density at radius 1 is 1.17 bits per heavy atom. The van der Waals surface area contributed by atoms with Crippen LogP contribution < -0.4 is 0 Å². The molecule has 128 valence electrons. The lowest BCUT2D eigenvalue weighted by atomic mass is 9.88. The molecule has 0 amide bonds. The first kappa shape index (κ1) is 17.4. The molecule has 2 heterocycles. The predicted octanol–water partition coefficient (Wildman–Crippen LogP) is 3.41. The van der Waals surface area contributed by atoms with Crippen LogP contribution >= 0.6 is 11.3 Å².